The van der Waals surface area contributed by atoms with E-state index in [1.807, 2.05) is 35.2 Å². The van der Waals surface area contributed by atoms with Gasteiger partial charge in [-0.2, -0.15) is 0 Å². The van der Waals surface area contributed by atoms with Crippen LogP contribution in [0.2, 0.25) is 0 Å². The number of rotatable bonds is 4. The average molecular weight is 454 g/mol. The van der Waals surface area contributed by atoms with Crippen LogP contribution in [0.25, 0.3) is 5.69 Å². The molecule has 1 aromatic heterocycles. The highest BCUT2D eigenvalue weighted by atomic mass is 16.5. The van der Waals surface area contributed by atoms with E-state index < -0.39 is 0 Å². The van der Waals surface area contributed by atoms with E-state index in [0.29, 0.717) is 23.7 Å². The summed E-state index contributed by atoms with van der Waals surface area (Å²) in [7, 11) is 3.18. The van der Waals surface area contributed by atoms with Crippen LogP contribution in [-0.2, 0) is 6.54 Å². The van der Waals surface area contributed by atoms with Crippen LogP contribution in [-0.4, -0.2) is 29.7 Å². The van der Waals surface area contributed by atoms with E-state index >= 15 is 0 Å². The van der Waals surface area contributed by atoms with Gasteiger partial charge in [0, 0.05) is 18.0 Å². The lowest BCUT2D eigenvalue weighted by molar-refractivity contribution is 0.194. The number of urea groups is 1. The number of para-hydroxylation sites is 1. The van der Waals surface area contributed by atoms with E-state index in [0.717, 1.165) is 28.1 Å². The molecular weight excluding hydrogens is 426 g/mol. The molecular formula is C28H27N3O3. The number of ether oxygens (including phenoxy) is 2. The van der Waals surface area contributed by atoms with Crippen LogP contribution < -0.4 is 14.8 Å². The number of carbonyl (C=O) groups excluding carboxylic acids is 1. The zero-order chi connectivity index (χ0) is 23.7. The number of nitrogens with one attached hydrogen (secondary N) is 1. The van der Waals surface area contributed by atoms with Crippen molar-refractivity contribution in [2.24, 2.45) is 0 Å². The van der Waals surface area contributed by atoms with Crippen molar-refractivity contribution >= 4 is 11.7 Å². The molecule has 1 aliphatic rings. The lowest BCUT2D eigenvalue weighted by atomic mass is 9.97. The second kappa shape index (κ2) is 8.98. The highest BCUT2D eigenvalue weighted by molar-refractivity contribution is 5.92. The first-order valence-corrected chi connectivity index (χ1v) is 11.2. The van der Waals surface area contributed by atoms with E-state index in [-0.39, 0.29) is 12.1 Å². The second-order valence-electron chi connectivity index (χ2n) is 8.32. The third kappa shape index (κ3) is 3.77. The largest absolute Gasteiger partial charge is 0.497 e. The average Bonchev–Trinajstić information content (AvgIpc) is 3.29. The molecule has 0 radical (unpaired) electrons. The van der Waals surface area contributed by atoms with E-state index in [1.54, 1.807) is 32.4 Å². The van der Waals surface area contributed by atoms with E-state index in [1.165, 1.54) is 0 Å². The van der Waals surface area contributed by atoms with Gasteiger partial charge in [-0.3, -0.25) is 0 Å². The molecule has 1 aliphatic heterocycles. The molecule has 0 saturated heterocycles. The maximum atomic E-state index is 13.9. The van der Waals surface area contributed by atoms with Gasteiger partial charge >= 0.3 is 6.03 Å². The van der Waals surface area contributed by atoms with Gasteiger partial charge in [-0.1, -0.05) is 42.5 Å². The summed E-state index contributed by atoms with van der Waals surface area (Å²) in [4.78, 5) is 15.8. The fraction of sp³-hybridized carbons (Fsp3) is 0.179. The van der Waals surface area contributed by atoms with Gasteiger partial charge in [0.05, 0.1) is 32.1 Å². The van der Waals surface area contributed by atoms with Crippen molar-refractivity contribution < 1.29 is 14.3 Å². The highest BCUT2D eigenvalue weighted by Gasteiger charge is 2.34. The van der Waals surface area contributed by atoms with Crippen LogP contribution in [0.15, 0.2) is 85.1 Å². The lowest BCUT2D eigenvalue weighted by Gasteiger charge is -2.32. The smallest absolute Gasteiger partial charge is 0.323 e. The molecule has 1 atom stereocenters. The minimum Gasteiger partial charge on any atom is -0.497 e. The summed E-state index contributed by atoms with van der Waals surface area (Å²) >= 11 is 0. The molecule has 6 nitrogen and oxygen atoms in total. The predicted molar refractivity (Wildman–Crippen MR) is 133 cm³/mol. The van der Waals surface area contributed by atoms with Gasteiger partial charge in [0.25, 0.3) is 0 Å². The summed E-state index contributed by atoms with van der Waals surface area (Å²) in [6.45, 7) is 2.55. The topological polar surface area (TPSA) is 55.7 Å². The fourth-order valence-corrected chi connectivity index (χ4v) is 4.65. The standard InChI is InChI=1S/C28H27N3O3/c1-19-9-4-6-11-22(19)27-25-13-8-16-30(25)24-12-7-5-10-20(24)18-31(27)28(32)29-23-15-14-21(33-2)17-26(23)34-3/h4-17,27H,18H2,1-3H3,(H,29,32)/t27-/m1/s1. The molecule has 2 heterocycles. The number of benzene rings is 3. The van der Waals surface area contributed by atoms with Crippen molar-refractivity contribution in [3.8, 4) is 17.2 Å². The Kier molecular flexibility index (Phi) is 5.72. The zero-order valence-corrected chi connectivity index (χ0v) is 19.5. The first-order valence-electron chi connectivity index (χ1n) is 11.2. The molecule has 0 aliphatic carbocycles. The monoisotopic (exact) mass is 453 g/mol. The van der Waals surface area contributed by atoms with Gasteiger partial charge in [0.15, 0.2) is 0 Å². The first kappa shape index (κ1) is 21.6. The van der Waals surface area contributed by atoms with Gasteiger partial charge in [-0.15, -0.1) is 0 Å². The molecule has 0 bridgehead atoms. The van der Waals surface area contributed by atoms with E-state index in [2.05, 4.69) is 53.3 Å². The molecule has 6 heteroatoms. The summed E-state index contributed by atoms with van der Waals surface area (Å²) in [5, 5.41) is 3.08. The molecule has 0 saturated carbocycles. The summed E-state index contributed by atoms with van der Waals surface area (Å²) in [5.41, 5.74) is 6.00. The molecule has 2 amide bonds. The quantitative estimate of drug-likeness (QED) is 0.416. The van der Waals surface area contributed by atoms with Crippen LogP contribution >= 0.6 is 0 Å². The second-order valence-corrected chi connectivity index (χ2v) is 8.32. The Morgan fingerprint density at radius 3 is 2.53 bits per heavy atom. The van der Waals surface area contributed by atoms with Crippen LogP contribution in [0.5, 0.6) is 11.5 Å². The van der Waals surface area contributed by atoms with Crippen LogP contribution in [0.4, 0.5) is 10.5 Å². The molecule has 34 heavy (non-hydrogen) atoms. The zero-order valence-electron chi connectivity index (χ0n) is 19.5. The SMILES string of the molecule is COc1ccc(NC(=O)N2Cc3ccccc3-n3cccc3[C@H]2c2ccccc2C)c(OC)c1. The molecule has 1 N–H and O–H groups in total. The molecule has 3 aromatic carbocycles. The van der Waals surface area contributed by atoms with Crippen molar-refractivity contribution in [3.05, 3.63) is 107 Å². The molecule has 0 fully saturated rings. The number of methoxy groups -OCH3 is 2. The maximum Gasteiger partial charge on any atom is 0.323 e. The molecule has 5 rings (SSSR count). The van der Waals surface area contributed by atoms with E-state index in [9.17, 15) is 4.79 Å². The van der Waals surface area contributed by atoms with Gasteiger partial charge in [0.2, 0.25) is 0 Å². The van der Waals surface area contributed by atoms with E-state index in [4.69, 9.17) is 9.47 Å². The predicted octanol–water partition coefficient (Wildman–Crippen LogP) is 5.94. The van der Waals surface area contributed by atoms with Crippen molar-refractivity contribution in [1.82, 2.24) is 9.47 Å². The molecule has 0 unspecified atom stereocenters. The third-order valence-corrected chi connectivity index (χ3v) is 6.36. The van der Waals surface area contributed by atoms with Crippen LogP contribution in [0, 0.1) is 6.92 Å². The lowest BCUT2D eigenvalue weighted by Crippen LogP contribution is -2.38. The number of anilines is 1. The summed E-state index contributed by atoms with van der Waals surface area (Å²) in [6.07, 6.45) is 2.06. The number of carbonyl (C=O) groups is 1. The van der Waals surface area contributed by atoms with Crippen LogP contribution in [0.3, 0.4) is 0 Å². The number of aromatic nitrogens is 1. The minimum absolute atomic E-state index is 0.207. The Morgan fingerprint density at radius 2 is 1.74 bits per heavy atom. The Labute approximate surface area is 199 Å². The number of fused-ring (bicyclic) bond motifs is 3. The summed E-state index contributed by atoms with van der Waals surface area (Å²) in [5.74, 6) is 1.20. The first-order chi connectivity index (χ1) is 16.6. The number of hydrogen-bond donors (Lipinski definition) is 1. The molecule has 0 spiro atoms. The molecule has 4 aromatic rings. The van der Waals surface area contributed by atoms with Crippen molar-refractivity contribution in [3.63, 3.8) is 0 Å². The number of aryl methyl sites for hydroxylation is 1. The normalized spacial score (nSPS) is 14.6. The Bertz CT molecular complexity index is 1340. The Balaban J connectivity index is 1.62. The van der Waals surface area contributed by atoms with Gasteiger partial charge in [0.1, 0.15) is 17.5 Å². The maximum absolute atomic E-state index is 13.9. The van der Waals surface area contributed by atoms with Gasteiger partial charge < -0.3 is 24.3 Å². The summed E-state index contributed by atoms with van der Waals surface area (Å²) in [6, 6.07) is 25.5. The van der Waals surface area contributed by atoms with Gasteiger partial charge in [-0.05, 0) is 53.9 Å². The van der Waals surface area contributed by atoms with Crippen molar-refractivity contribution in [1.29, 1.82) is 0 Å². The van der Waals surface area contributed by atoms with Crippen molar-refractivity contribution in [2.45, 2.75) is 19.5 Å². The Hall–Kier alpha value is -4.19. The van der Waals surface area contributed by atoms with Crippen molar-refractivity contribution in [2.75, 3.05) is 19.5 Å². The highest BCUT2D eigenvalue weighted by Crippen LogP contribution is 2.38. The molecule has 172 valence electrons. The fourth-order valence-electron chi connectivity index (χ4n) is 4.65. The number of nitrogens with zero attached hydrogens (tertiary/aromatic N) is 2. The van der Waals surface area contributed by atoms with Gasteiger partial charge in [-0.25, -0.2) is 4.79 Å². The third-order valence-electron chi connectivity index (χ3n) is 6.36. The van der Waals surface area contributed by atoms with Crippen LogP contribution in [0.1, 0.15) is 28.4 Å². The number of amides is 2. The summed E-state index contributed by atoms with van der Waals surface area (Å²) < 4.78 is 13.0. The number of hydrogen-bond acceptors (Lipinski definition) is 3. The Morgan fingerprint density at radius 1 is 0.941 bits per heavy atom. The minimum atomic E-state index is -0.271.